The topological polar surface area (TPSA) is 63.3 Å². The first-order valence-corrected chi connectivity index (χ1v) is 5.39. The lowest BCUT2D eigenvalue weighted by molar-refractivity contribution is -0.136. The van der Waals surface area contributed by atoms with Crippen molar-refractivity contribution in [3.63, 3.8) is 0 Å². The first kappa shape index (κ1) is 11.4. The van der Waals surface area contributed by atoms with E-state index in [4.69, 9.17) is 9.63 Å². The summed E-state index contributed by atoms with van der Waals surface area (Å²) in [5.74, 6) is -0.830. The Morgan fingerprint density at radius 2 is 2.12 bits per heavy atom. The summed E-state index contributed by atoms with van der Waals surface area (Å²) < 4.78 is 4.94. The summed E-state index contributed by atoms with van der Waals surface area (Å²) in [6.07, 6.45) is 2.01. The number of aryl methyl sites for hydroxylation is 2. The fourth-order valence-electron chi connectivity index (χ4n) is 1.76. The van der Waals surface area contributed by atoms with E-state index in [1.54, 1.807) is 6.26 Å². The summed E-state index contributed by atoms with van der Waals surface area (Å²) in [6, 6.07) is 7.88. The van der Waals surface area contributed by atoms with Crippen LogP contribution in [0, 0.1) is 6.92 Å². The van der Waals surface area contributed by atoms with Crippen LogP contribution in [0.2, 0.25) is 0 Å². The Kier molecular flexibility index (Phi) is 3.23. The van der Waals surface area contributed by atoms with Gasteiger partial charge in [0, 0.05) is 12.0 Å². The highest BCUT2D eigenvalue weighted by atomic mass is 16.5. The molecule has 0 saturated carbocycles. The van der Waals surface area contributed by atoms with Gasteiger partial charge < -0.3 is 9.63 Å². The zero-order valence-electron chi connectivity index (χ0n) is 9.51. The molecular formula is C13H13NO3. The molecule has 0 fully saturated rings. The lowest BCUT2D eigenvalue weighted by Gasteiger charge is -2.03. The molecular weight excluding hydrogens is 218 g/mol. The highest BCUT2D eigenvalue weighted by Gasteiger charge is 2.12. The maximum absolute atomic E-state index is 10.6. The van der Waals surface area contributed by atoms with Gasteiger partial charge in [-0.2, -0.15) is 0 Å². The summed E-state index contributed by atoms with van der Waals surface area (Å²) >= 11 is 0. The number of hydrogen-bond acceptors (Lipinski definition) is 3. The molecule has 0 amide bonds. The molecule has 1 heterocycles. The van der Waals surface area contributed by atoms with Gasteiger partial charge in [0.15, 0.2) is 0 Å². The average Bonchev–Trinajstić information content (AvgIpc) is 2.75. The van der Waals surface area contributed by atoms with Gasteiger partial charge in [0.25, 0.3) is 0 Å². The number of benzene rings is 1. The normalized spacial score (nSPS) is 10.4. The lowest BCUT2D eigenvalue weighted by atomic mass is 10.00. The number of carbonyl (C=O) groups is 1. The van der Waals surface area contributed by atoms with Gasteiger partial charge in [-0.25, -0.2) is 0 Å². The molecule has 1 aromatic carbocycles. The number of nitrogens with zero attached hydrogens (tertiary/aromatic N) is 1. The Morgan fingerprint density at radius 3 is 2.82 bits per heavy atom. The highest BCUT2D eigenvalue weighted by molar-refractivity contribution is 5.70. The van der Waals surface area contributed by atoms with E-state index in [2.05, 4.69) is 5.16 Å². The molecule has 4 nitrogen and oxygen atoms in total. The molecule has 0 aliphatic heterocycles. The van der Waals surface area contributed by atoms with Crippen molar-refractivity contribution in [3.05, 3.63) is 41.8 Å². The quantitative estimate of drug-likeness (QED) is 0.878. The first-order chi connectivity index (χ1) is 8.18. The molecule has 0 radical (unpaired) electrons. The maximum Gasteiger partial charge on any atom is 0.303 e. The van der Waals surface area contributed by atoms with Crippen LogP contribution in [0.1, 0.15) is 17.7 Å². The molecule has 4 heteroatoms. The zero-order chi connectivity index (χ0) is 12.3. The largest absolute Gasteiger partial charge is 0.481 e. The van der Waals surface area contributed by atoms with Gasteiger partial charge in [0.05, 0.1) is 12.1 Å². The average molecular weight is 231 g/mol. The molecule has 1 N–H and O–H groups in total. The minimum absolute atomic E-state index is 0.0609. The molecule has 2 aromatic rings. The third kappa shape index (κ3) is 2.53. The number of aliphatic carboxylic acids is 1. The van der Waals surface area contributed by atoms with Crippen molar-refractivity contribution >= 4 is 5.97 Å². The predicted octanol–water partition coefficient (Wildman–Crippen LogP) is 2.67. The number of hydrogen-bond donors (Lipinski definition) is 1. The fraction of sp³-hybridized carbons (Fsp3) is 0.231. The van der Waals surface area contributed by atoms with Crippen molar-refractivity contribution in [1.82, 2.24) is 5.16 Å². The van der Waals surface area contributed by atoms with Gasteiger partial charge >= 0.3 is 5.97 Å². The molecule has 2 rings (SSSR count). The van der Waals surface area contributed by atoms with Crippen LogP contribution in [0.15, 0.2) is 35.1 Å². The second-order valence-electron chi connectivity index (χ2n) is 3.88. The number of carboxylic acid groups (broad SMARTS) is 1. The minimum Gasteiger partial charge on any atom is -0.481 e. The van der Waals surface area contributed by atoms with Gasteiger partial charge in [-0.05, 0) is 18.1 Å². The van der Waals surface area contributed by atoms with Crippen molar-refractivity contribution in [2.75, 3.05) is 0 Å². The predicted molar refractivity (Wildman–Crippen MR) is 62.6 cm³/mol. The Labute approximate surface area is 98.9 Å². The Hall–Kier alpha value is -2.10. The summed E-state index contributed by atoms with van der Waals surface area (Å²) in [5, 5.41) is 12.5. The van der Waals surface area contributed by atoms with Crippen LogP contribution in [0.25, 0.3) is 11.1 Å². The van der Waals surface area contributed by atoms with Crippen LogP contribution in [0.4, 0.5) is 0 Å². The van der Waals surface area contributed by atoms with E-state index < -0.39 is 5.97 Å². The lowest BCUT2D eigenvalue weighted by Crippen LogP contribution is -1.99. The van der Waals surface area contributed by atoms with Gasteiger partial charge in [0.1, 0.15) is 6.26 Å². The van der Waals surface area contributed by atoms with Gasteiger partial charge in [-0.3, -0.25) is 4.79 Å². The van der Waals surface area contributed by atoms with Crippen LogP contribution in [0.3, 0.4) is 0 Å². The Bertz CT molecular complexity index is 531. The van der Waals surface area contributed by atoms with E-state index in [1.807, 2.05) is 31.2 Å². The van der Waals surface area contributed by atoms with E-state index in [-0.39, 0.29) is 6.42 Å². The smallest absolute Gasteiger partial charge is 0.303 e. The number of aromatic nitrogens is 1. The molecule has 0 saturated heterocycles. The van der Waals surface area contributed by atoms with Crippen molar-refractivity contribution in [1.29, 1.82) is 0 Å². The van der Waals surface area contributed by atoms with Crippen LogP contribution in [0.5, 0.6) is 0 Å². The van der Waals surface area contributed by atoms with Crippen molar-refractivity contribution < 1.29 is 14.4 Å². The van der Waals surface area contributed by atoms with Crippen LogP contribution >= 0.6 is 0 Å². The monoisotopic (exact) mass is 231 g/mol. The van der Waals surface area contributed by atoms with Crippen LogP contribution in [-0.4, -0.2) is 16.2 Å². The summed E-state index contributed by atoms with van der Waals surface area (Å²) in [5.41, 5.74) is 3.73. The molecule has 17 heavy (non-hydrogen) atoms. The fourth-order valence-corrected chi connectivity index (χ4v) is 1.76. The van der Waals surface area contributed by atoms with E-state index in [9.17, 15) is 4.79 Å². The van der Waals surface area contributed by atoms with Crippen molar-refractivity contribution in [2.24, 2.45) is 0 Å². The summed E-state index contributed by atoms with van der Waals surface area (Å²) in [6.45, 7) is 2.00. The van der Waals surface area contributed by atoms with Crippen LogP contribution in [-0.2, 0) is 11.2 Å². The van der Waals surface area contributed by atoms with Crippen LogP contribution < -0.4 is 0 Å². The molecule has 0 aliphatic rings. The van der Waals surface area contributed by atoms with Gasteiger partial charge in [0.2, 0.25) is 0 Å². The maximum atomic E-state index is 10.6. The second kappa shape index (κ2) is 4.82. The van der Waals surface area contributed by atoms with E-state index in [0.29, 0.717) is 12.1 Å². The summed E-state index contributed by atoms with van der Waals surface area (Å²) in [4.78, 5) is 10.6. The van der Waals surface area contributed by atoms with Crippen molar-refractivity contribution in [2.45, 2.75) is 19.8 Å². The second-order valence-corrected chi connectivity index (χ2v) is 3.88. The highest BCUT2D eigenvalue weighted by Crippen LogP contribution is 2.26. The number of carboxylic acids is 1. The minimum atomic E-state index is -0.830. The molecule has 0 bridgehead atoms. The molecule has 0 spiro atoms. The van der Waals surface area contributed by atoms with E-state index in [0.717, 1.165) is 16.7 Å². The molecule has 88 valence electrons. The SMILES string of the molecule is Cc1ccccc1-c1conc1CCC(=O)O. The van der Waals surface area contributed by atoms with Gasteiger partial charge in [-0.1, -0.05) is 29.4 Å². The van der Waals surface area contributed by atoms with Gasteiger partial charge in [-0.15, -0.1) is 0 Å². The van der Waals surface area contributed by atoms with E-state index >= 15 is 0 Å². The third-order valence-electron chi connectivity index (χ3n) is 2.66. The number of rotatable bonds is 4. The Morgan fingerprint density at radius 1 is 1.35 bits per heavy atom. The van der Waals surface area contributed by atoms with E-state index in [1.165, 1.54) is 0 Å². The van der Waals surface area contributed by atoms with Crippen molar-refractivity contribution in [3.8, 4) is 11.1 Å². The molecule has 0 aliphatic carbocycles. The molecule has 0 unspecified atom stereocenters. The standard InChI is InChI=1S/C13H13NO3/c1-9-4-2-3-5-10(9)11-8-17-14-12(11)6-7-13(15)16/h2-5,8H,6-7H2,1H3,(H,15,16). The first-order valence-electron chi connectivity index (χ1n) is 5.39. The third-order valence-corrected chi connectivity index (χ3v) is 2.66. The summed E-state index contributed by atoms with van der Waals surface area (Å²) in [7, 11) is 0. The molecule has 1 aromatic heterocycles. The molecule has 0 atom stereocenters. The Balaban J connectivity index is 2.31. The zero-order valence-corrected chi connectivity index (χ0v) is 9.51.